The van der Waals surface area contributed by atoms with Crippen LogP contribution in [0.2, 0.25) is 0 Å². The van der Waals surface area contributed by atoms with Gasteiger partial charge in [0.2, 0.25) is 5.91 Å². The van der Waals surface area contributed by atoms with Crippen LogP contribution < -0.4 is 10.2 Å². The first kappa shape index (κ1) is 19.8. The average molecular weight is 426 g/mol. The van der Waals surface area contributed by atoms with E-state index in [0.29, 0.717) is 11.5 Å². The molecule has 32 heavy (non-hydrogen) atoms. The molecule has 1 aliphatic heterocycles. The molecule has 0 saturated carbocycles. The summed E-state index contributed by atoms with van der Waals surface area (Å²) in [6, 6.07) is 13.0. The zero-order chi connectivity index (χ0) is 21.9. The van der Waals surface area contributed by atoms with Crippen molar-refractivity contribution in [2.24, 2.45) is 7.05 Å². The van der Waals surface area contributed by atoms with Crippen LogP contribution in [0.25, 0.3) is 22.6 Å². The Morgan fingerprint density at radius 1 is 1.03 bits per heavy atom. The van der Waals surface area contributed by atoms with Crippen LogP contribution in [0.1, 0.15) is 12.8 Å². The van der Waals surface area contributed by atoms with Gasteiger partial charge in [0.25, 0.3) is 0 Å². The maximum absolute atomic E-state index is 13.0. The van der Waals surface area contributed by atoms with Gasteiger partial charge in [-0.2, -0.15) is 5.10 Å². The Bertz CT molecular complexity index is 1210. The topological polar surface area (TPSA) is 102 Å². The number of hydrogen-bond donors (Lipinski definition) is 1. The van der Waals surface area contributed by atoms with Gasteiger partial charge in [0.05, 0.1) is 29.0 Å². The molecule has 0 radical (unpaired) electrons. The van der Waals surface area contributed by atoms with E-state index in [9.17, 15) is 4.79 Å². The number of carbonyl (C=O) groups excluding carboxylic acids is 1. The van der Waals surface area contributed by atoms with Gasteiger partial charge in [-0.3, -0.25) is 19.4 Å². The van der Waals surface area contributed by atoms with Crippen LogP contribution in [-0.4, -0.2) is 48.4 Å². The van der Waals surface area contributed by atoms with Gasteiger partial charge in [0, 0.05) is 37.7 Å². The van der Waals surface area contributed by atoms with Crippen LogP contribution in [0, 0.1) is 0 Å². The summed E-state index contributed by atoms with van der Waals surface area (Å²) in [6.07, 6.45) is 8.71. The molecule has 0 spiro atoms. The summed E-state index contributed by atoms with van der Waals surface area (Å²) in [5, 5.41) is 15.5. The number of aryl methyl sites for hydroxylation is 1. The summed E-state index contributed by atoms with van der Waals surface area (Å²) in [4.78, 5) is 23.8. The van der Waals surface area contributed by atoms with Crippen molar-refractivity contribution in [2.75, 3.05) is 16.8 Å². The van der Waals surface area contributed by atoms with E-state index in [2.05, 4.69) is 35.5 Å². The minimum Gasteiger partial charge on any atom is -0.358 e. The van der Waals surface area contributed by atoms with E-state index >= 15 is 0 Å². The fraction of sp³-hybridized carbons (Fsp3) is 0.217. The number of amides is 1. The van der Waals surface area contributed by atoms with Crippen molar-refractivity contribution in [3.05, 3.63) is 67.3 Å². The monoisotopic (exact) mass is 426 g/mol. The molecular weight excluding hydrogens is 404 g/mol. The molecule has 160 valence electrons. The number of nitrogens with zero attached hydrogens (tertiary/aromatic N) is 7. The van der Waals surface area contributed by atoms with Gasteiger partial charge in [-0.1, -0.05) is 0 Å². The van der Waals surface area contributed by atoms with Gasteiger partial charge in [-0.05, 0) is 55.3 Å². The molecule has 0 bridgehead atoms. The molecule has 5 heterocycles. The molecule has 1 amide bonds. The van der Waals surface area contributed by atoms with Crippen molar-refractivity contribution in [3.8, 4) is 22.6 Å². The van der Waals surface area contributed by atoms with Gasteiger partial charge in [0.1, 0.15) is 6.04 Å². The van der Waals surface area contributed by atoms with Gasteiger partial charge in [0.15, 0.2) is 5.82 Å². The number of pyridine rings is 2. The largest absolute Gasteiger partial charge is 0.358 e. The summed E-state index contributed by atoms with van der Waals surface area (Å²) in [7, 11) is 1.89. The van der Waals surface area contributed by atoms with Crippen molar-refractivity contribution in [3.63, 3.8) is 0 Å². The number of aromatic nitrogens is 6. The van der Waals surface area contributed by atoms with E-state index in [-0.39, 0.29) is 11.9 Å². The zero-order valence-corrected chi connectivity index (χ0v) is 17.6. The Balaban J connectivity index is 1.28. The van der Waals surface area contributed by atoms with Crippen molar-refractivity contribution < 1.29 is 4.79 Å². The summed E-state index contributed by atoms with van der Waals surface area (Å²) in [5.74, 6) is 0.334. The fourth-order valence-electron chi connectivity index (χ4n) is 3.96. The quantitative estimate of drug-likeness (QED) is 0.523. The minimum atomic E-state index is -0.279. The maximum Gasteiger partial charge on any atom is 0.248 e. The molecule has 0 aliphatic carbocycles. The number of anilines is 2. The molecule has 9 heteroatoms. The van der Waals surface area contributed by atoms with Crippen LogP contribution in [0.15, 0.2) is 67.3 Å². The van der Waals surface area contributed by atoms with Crippen LogP contribution in [0.4, 0.5) is 11.5 Å². The molecule has 1 saturated heterocycles. The van der Waals surface area contributed by atoms with Gasteiger partial charge < -0.3 is 10.2 Å². The molecule has 4 aromatic heterocycles. The summed E-state index contributed by atoms with van der Waals surface area (Å²) in [5.41, 5.74) is 4.30. The number of rotatable bonds is 5. The van der Waals surface area contributed by atoms with Crippen LogP contribution >= 0.6 is 0 Å². The highest BCUT2D eigenvalue weighted by atomic mass is 16.2. The molecule has 1 atom stereocenters. The minimum absolute atomic E-state index is 0.0957. The predicted molar refractivity (Wildman–Crippen MR) is 121 cm³/mol. The van der Waals surface area contributed by atoms with Gasteiger partial charge in [-0.25, -0.2) is 0 Å². The Kier molecular flexibility index (Phi) is 5.29. The third-order valence-electron chi connectivity index (χ3n) is 5.59. The first-order valence-electron chi connectivity index (χ1n) is 10.4. The number of nitrogens with one attached hydrogen (secondary N) is 1. The Morgan fingerprint density at radius 3 is 2.62 bits per heavy atom. The predicted octanol–water partition coefficient (Wildman–Crippen LogP) is 2.94. The van der Waals surface area contributed by atoms with Crippen LogP contribution in [0.5, 0.6) is 0 Å². The third kappa shape index (κ3) is 3.92. The molecular formula is C23H22N8O. The lowest BCUT2D eigenvalue weighted by molar-refractivity contribution is -0.117. The Morgan fingerprint density at radius 2 is 1.94 bits per heavy atom. The Labute approximate surface area is 185 Å². The summed E-state index contributed by atoms with van der Waals surface area (Å²) < 4.78 is 1.79. The van der Waals surface area contributed by atoms with Crippen molar-refractivity contribution in [2.45, 2.75) is 18.9 Å². The third-order valence-corrected chi connectivity index (χ3v) is 5.59. The molecule has 5 rings (SSSR count). The smallest absolute Gasteiger partial charge is 0.248 e. The van der Waals surface area contributed by atoms with E-state index in [4.69, 9.17) is 0 Å². The first-order valence-corrected chi connectivity index (χ1v) is 10.4. The number of carbonyl (C=O) groups is 1. The second kappa shape index (κ2) is 8.54. The lowest BCUT2D eigenvalue weighted by Gasteiger charge is -2.25. The van der Waals surface area contributed by atoms with Crippen molar-refractivity contribution in [1.82, 2.24) is 29.9 Å². The highest BCUT2D eigenvalue weighted by Gasteiger charge is 2.31. The Hall–Kier alpha value is -4.14. The summed E-state index contributed by atoms with van der Waals surface area (Å²) >= 11 is 0. The van der Waals surface area contributed by atoms with E-state index in [1.54, 1.807) is 29.3 Å². The fourth-order valence-corrected chi connectivity index (χ4v) is 3.96. The van der Waals surface area contributed by atoms with E-state index < -0.39 is 0 Å². The molecule has 4 aromatic rings. The van der Waals surface area contributed by atoms with Gasteiger partial charge >= 0.3 is 0 Å². The standard InChI is InChI=1S/C23H22N8O/c1-30-20(10-12-26-30)19-7-6-17(15-25-19)31-13-3-5-21(31)23(32)27-22-9-8-18(28-29-22)16-4-2-11-24-14-16/h2,4,6-12,14-15,21H,3,5,13H2,1H3,(H,27,29,32). The molecule has 1 aliphatic rings. The molecule has 1 fully saturated rings. The zero-order valence-electron chi connectivity index (χ0n) is 17.6. The SMILES string of the molecule is Cn1nccc1-c1ccc(N2CCCC2C(=O)Nc2ccc(-c3cccnc3)nn2)cn1. The average Bonchev–Trinajstić information content (AvgIpc) is 3.50. The summed E-state index contributed by atoms with van der Waals surface area (Å²) in [6.45, 7) is 0.802. The van der Waals surface area contributed by atoms with Gasteiger partial charge in [-0.15, -0.1) is 10.2 Å². The lowest BCUT2D eigenvalue weighted by Crippen LogP contribution is -2.40. The molecule has 0 aromatic carbocycles. The van der Waals surface area contributed by atoms with Crippen LogP contribution in [-0.2, 0) is 11.8 Å². The highest BCUT2D eigenvalue weighted by Crippen LogP contribution is 2.27. The number of hydrogen-bond acceptors (Lipinski definition) is 7. The van der Waals surface area contributed by atoms with E-state index in [1.165, 1.54) is 0 Å². The highest BCUT2D eigenvalue weighted by molar-refractivity contribution is 5.96. The van der Waals surface area contributed by atoms with Crippen LogP contribution in [0.3, 0.4) is 0 Å². The second-order valence-electron chi connectivity index (χ2n) is 7.63. The molecule has 1 N–H and O–H groups in total. The van der Waals surface area contributed by atoms with E-state index in [0.717, 1.165) is 42.0 Å². The lowest BCUT2D eigenvalue weighted by atomic mass is 10.2. The van der Waals surface area contributed by atoms with Crippen molar-refractivity contribution in [1.29, 1.82) is 0 Å². The molecule has 1 unspecified atom stereocenters. The first-order chi connectivity index (χ1) is 15.7. The molecule has 9 nitrogen and oxygen atoms in total. The second-order valence-corrected chi connectivity index (χ2v) is 7.63. The van der Waals surface area contributed by atoms with E-state index in [1.807, 2.05) is 49.6 Å². The van der Waals surface area contributed by atoms with Crippen molar-refractivity contribution >= 4 is 17.4 Å². The maximum atomic E-state index is 13.0. The normalized spacial score (nSPS) is 15.7.